The zero-order valence-corrected chi connectivity index (χ0v) is 27.2. The summed E-state index contributed by atoms with van der Waals surface area (Å²) in [6.45, 7) is 6.37. The zero-order valence-electron chi connectivity index (χ0n) is 24.3. The van der Waals surface area contributed by atoms with Gasteiger partial charge in [0.1, 0.15) is 17.9 Å². The van der Waals surface area contributed by atoms with Gasteiger partial charge in [-0.2, -0.15) is 0 Å². The number of rotatable bonds is 18. The van der Waals surface area contributed by atoms with Crippen LogP contribution in [-0.2, 0) is 13.1 Å². The van der Waals surface area contributed by atoms with Crippen molar-refractivity contribution in [1.29, 1.82) is 0 Å². The van der Waals surface area contributed by atoms with Crippen LogP contribution in [0.1, 0.15) is 100 Å². The molecular formula is C34H46ClIN2O2. The van der Waals surface area contributed by atoms with E-state index < -0.39 is 0 Å². The van der Waals surface area contributed by atoms with Gasteiger partial charge in [0, 0.05) is 18.2 Å². The van der Waals surface area contributed by atoms with Crippen LogP contribution in [-0.4, -0.2) is 12.5 Å². The minimum Gasteiger partial charge on any atom is -1.00 e. The highest BCUT2D eigenvalue weighted by Gasteiger charge is 2.21. The van der Waals surface area contributed by atoms with Crippen LogP contribution < -0.4 is 38.2 Å². The number of hydrogen-bond donors (Lipinski definition) is 0. The lowest BCUT2D eigenvalue weighted by Crippen LogP contribution is -3.00. The van der Waals surface area contributed by atoms with E-state index in [-0.39, 0.29) is 29.9 Å². The summed E-state index contributed by atoms with van der Waals surface area (Å²) in [7, 11) is 0. The number of amides is 1. The van der Waals surface area contributed by atoms with E-state index in [0.717, 1.165) is 30.6 Å². The number of benzene rings is 2. The summed E-state index contributed by atoms with van der Waals surface area (Å²) < 4.78 is 8.05. The number of carbonyl (C=O) groups is 1. The molecule has 0 radical (unpaired) electrons. The highest BCUT2D eigenvalue weighted by atomic mass is 127. The average Bonchev–Trinajstić information content (AvgIpc) is 2.96. The molecule has 6 heteroatoms. The van der Waals surface area contributed by atoms with Crippen molar-refractivity contribution in [2.75, 3.05) is 11.5 Å². The van der Waals surface area contributed by atoms with Crippen molar-refractivity contribution in [3.63, 3.8) is 0 Å². The Balaban J connectivity index is 0.00000560. The average molecular weight is 677 g/mol. The van der Waals surface area contributed by atoms with E-state index in [2.05, 4.69) is 18.4 Å². The number of aromatic nitrogens is 1. The summed E-state index contributed by atoms with van der Waals surface area (Å²) in [4.78, 5) is 15.4. The van der Waals surface area contributed by atoms with Gasteiger partial charge in [-0.3, -0.25) is 4.79 Å². The lowest BCUT2D eigenvalue weighted by atomic mass is 10.1. The van der Waals surface area contributed by atoms with Gasteiger partial charge in [-0.15, -0.1) is 0 Å². The van der Waals surface area contributed by atoms with Crippen molar-refractivity contribution < 1.29 is 38.1 Å². The van der Waals surface area contributed by atoms with Crippen molar-refractivity contribution in [2.45, 2.75) is 97.6 Å². The molecule has 1 aromatic heterocycles. The van der Waals surface area contributed by atoms with E-state index in [4.69, 9.17) is 16.3 Å². The molecule has 0 fully saturated rings. The van der Waals surface area contributed by atoms with E-state index in [1.807, 2.05) is 78.0 Å². The fourth-order valence-corrected chi connectivity index (χ4v) is 5.06. The molecule has 0 atom stereocenters. The molecule has 0 saturated heterocycles. The molecule has 4 nitrogen and oxygen atoms in total. The number of carbonyl (C=O) groups excluding carboxylic acids is 1. The van der Waals surface area contributed by atoms with Crippen LogP contribution in [0, 0.1) is 0 Å². The standard InChI is InChI=1S/C34H46ClN2O2.HI/c1-3-5-6-7-8-9-10-11-12-16-25-39-33-22-21-29(26-32(33)35)27-37(31-19-14-13-15-20-31)34(38)30-18-17-24-36(28-30)23-4-2;/h13-15,17-22,24,26,28H,3-12,16,23,25,27H2,1-2H3;1H/q+1;/p-1. The van der Waals surface area contributed by atoms with Crippen LogP contribution in [0.4, 0.5) is 5.69 Å². The monoisotopic (exact) mass is 676 g/mol. The Morgan fingerprint density at radius 1 is 0.825 bits per heavy atom. The Labute approximate surface area is 264 Å². The minimum absolute atomic E-state index is 0. The van der Waals surface area contributed by atoms with Gasteiger partial charge < -0.3 is 33.6 Å². The van der Waals surface area contributed by atoms with Crippen LogP contribution in [0.3, 0.4) is 0 Å². The van der Waals surface area contributed by atoms with Gasteiger partial charge in [-0.25, -0.2) is 4.57 Å². The first-order valence-corrected chi connectivity index (χ1v) is 15.3. The number of unbranched alkanes of at least 4 members (excludes halogenated alkanes) is 9. The Morgan fingerprint density at radius 2 is 1.50 bits per heavy atom. The van der Waals surface area contributed by atoms with Gasteiger partial charge in [0.15, 0.2) is 12.4 Å². The molecule has 0 aliphatic heterocycles. The van der Waals surface area contributed by atoms with Crippen molar-refractivity contribution in [3.05, 3.63) is 89.2 Å². The van der Waals surface area contributed by atoms with Crippen LogP contribution in [0.25, 0.3) is 0 Å². The maximum atomic E-state index is 13.6. The Hall–Kier alpha value is -2.12. The molecule has 2 aromatic carbocycles. The second-order valence-electron chi connectivity index (χ2n) is 10.4. The van der Waals surface area contributed by atoms with E-state index >= 15 is 0 Å². The Bertz CT molecular complexity index is 1130. The first-order valence-electron chi connectivity index (χ1n) is 14.9. The summed E-state index contributed by atoms with van der Waals surface area (Å²) in [5.74, 6) is 0.668. The van der Waals surface area contributed by atoms with Crippen LogP contribution in [0.15, 0.2) is 73.1 Å². The Kier molecular flexibility index (Phi) is 16.9. The number of nitrogens with zero attached hydrogens (tertiary/aromatic N) is 2. The summed E-state index contributed by atoms with van der Waals surface area (Å²) in [6, 6.07) is 19.5. The molecular weight excluding hydrogens is 631 g/mol. The third-order valence-electron chi connectivity index (χ3n) is 6.99. The molecule has 40 heavy (non-hydrogen) atoms. The van der Waals surface area contributed by atoms with Gasteiger partial charge in [-0.05, 0) is 42.3 Å². The maximum Gasteiger partial charge on any atom is 0.264 e. The van der Waals surface area contributed by atoms with Crippen molar-refractivity contribution in [3.8, 4) is 5.75 Å². The molecule has 0 saturated carbocycles. The molecule has 3 rings (SSSR count). The molecule has 1 amide bonds. The number of halogens is 2. The summed E-state index contributed by atoms with van der Waals surface area (Å²) in [6.07, 6.45) is 17.9. The molecule has 0 aliphatic rings. The van der Waals surface area contributed by atoms with Crippen molar-refractivity contribution in [2.24, 2.45) is 0 Å². The van der Waals surface area contributed by atoms with E-state index in [0.29, 0.717) is 29.5 Å². The number of hydrogen-bond acceptors (Lipinski definition) is 2. The molecule has 0 aliphatic carbocycles. The smallest absolute Gasteiger partial charge is 0.264 e. The molecule has 218 valence electrons. The number of aryl methyl sites for hydroxylation is 1. The van der Waals surface area contributed by atoms with Gasteiger partial charge in [0.05, 0.1) is 18.2 Å². The van der Waals surface area contributed by atoms with Gasteiger partial charge in [0.25, 0.3) is 5.91 Å². The number of anilines is 1. The summed E-state index contributed by atoms with van der Waals surface area (Å²) in [5.41, 5.74) is 2.48. The molecule has 0 spiro atoms. The maximum absolute atomic E-state index is 13.6. The number of para-hydroxylation sites is 1. The van der Waals surface area contributed by atoms with E-state index in [1.165, 1.54) is 57.8 Å². The lowest BCUT2D eigenvalue weighted by Gasteiger charge is -2.23. The molecule has 0 unspecified atom stereocenters. The predicted molar refractivity (Wildman–Crippen MR) is 163 cm³/mol. The number of ether oxygens (including phenoxy) is 1. The molecule has 0 N–H and O–H groups in total. The molecule has 0 bridgehead atoms. The summed E-state index contributed by atoms with van der Waals surface area (Å²) >= 11 is 6.61. The second-order valence-corrected chi connectivity index (χ2v) is 10.8. The molecule has 3 aromatic rings. The minimum atomic E-state index is -0.0379. The zero-order chi connectivity index (χ0) is 27.7. The van der Waals surface area contributed by atoms with E-state index in [1.54, 1.807) is 0 Å². The van der Waals surface area contributed by atoms with Crippen molar-refractivity contribution in [1.82, 2.24) is 0 Å². The Morgan fingerprint density at radius 3 is 2.15 bits per heavy atom. The SMILES string of the molecule is CCCCCCCCCCCCOc1ccc(CN(C(=O)c2ccc[n+](CCC)c2)c2ccccc2)cc1Cl.[I-]. The third-order valence-corrected chi connectivity index (χ3v) is 7.29. The van der Waals surface area contributed by atoms with Crippen LogP contribution in [0.5, 0.6) is 5.75 Å². The number of pyridine rings is 1. The summed E-state index contributed by atoms with van der Waals surface area (Å²) in [5, 5.41) is 0.584. The predicted octanol–water partition coefficient (Wildman–Crippen LogP) is 6.19. The lowest BCUT2D eigenvalue weighted by molar-refractivity contribution is -0.697. The van der Waals surface area contributed by atoms with Crippen LogP contribution >= 0.6 is 11.6 Å². The quantitative estimate of drug-likeness (QED) is 0.0916. The highest BCUT2D eigenvalue weighted by molar-refractivity contribution is 6.32. The first-order chi connectivity index (χ1) is 19.1. The van der Waals surface area contributed by atoms with Gasteiger partial charge >= 0.3 is 0 Å². The van der Waals surface area contributed by atoms with Crippen molar-refractivity contribution >= 4 is 23.2 Å². The van der Waals surface area contributed by atoms with Crippen LogP contribution in [0.2, 0.25) is 5.02 Å². The largest absolute Gasteiger partial charge is 1.00 e. The third kappa shape index (κ3) is 11.8. The highest BCUT2D eigenvalue weighted by Crippen LogP contribution is 2.28. The van der Waals surface area contributed by atoms with Gasteiger partial charge in [-0.1, -0.05) is 108 Å². The second kappa shape index (κ2) is 19.9. The molecule has 1 heterocycles. The van der Waals surface area contributed by atoms with E-state index in [9.17, 15) is 4.79 Å². The topological polar surface area (TPSA) is 33.4 Å². The fourth-order valence-electron chi connectivity index (χ4n) is 4.80. The fraction of sp³-hybridized carbons (Fsp3) is 0.471. The first kappa shape index (κ1) is 34.1. The van der Waals surface area contributed by atoms with Gasteiger partial charge in [0.2, 0.25) is 0 Å². The normalized spacial score (nSPS) is 10.7.